The summed E-state index contributed by atoms with van der Waals surface area (Å²) in [5.41, 5.74) is 0.198. The van der Waals surface area contributed by atoms with Crippen LogP contribution in [0.2, 0.25) is 0 Å². The summed E-state index contributed by atoms with van der Waals surface area (Å²) in [5.74, 6) is -1.35. The Hall–Kier alpha value is -2.51. The topological polar surface area (TPSA) is 70.5 Å². The molecule has 0 aliphatic heterocycles. The number of amides is 1. The molecule has 3 heterocycles. The number of rotatable bonds is 6. The summed E-state index contributed by atoms with van der Waals surface area (Å²) >= 11 is 3.16. The summed E-state index contributed by atoms with van der Waals surface area (Å²) in [5, 5.41) is 13.0. The number of aromatic nitrogens is 1. The fourth-order valence-electron chi connectivity index (χ4n) is 2.22. The van der Waals surface area contributed by atoms with Crippen LogP contribution in [-0.4, -0.2) is 26.9 Å². The van der Waals surface area contributed by atoms with Gasteiger partial charge in [-0.05, 0) is 35.0 Å². The first-order chi connectivity index (χ1) is 11.6. The Morgan fingerprint density at radius 1 is 1.04 bits per heavy atom. The fraction of sp³-hybridized carbons (Fsp3) is 0.118. The van der Waals surface area contributed by atoms with Crippen molar-refractivity contribution in [2.75, 3.05) is 0 Å². The van der Waals surface area contributed by atoms with Crippen molar-refractivity contribution in [3.8, 4) is 0 Å². The largest absolute Gasteiger partial charge is 0.478 e. The van der Waals surface area contributed by atoms with Gasteiger partial charge in [0.2, 0.25) is 0 Å². The first-order valence-electron chi connectivity index (χ1n) is 7.17. The van der Waals surface area contributed by atoms with E-state index in [1.54, 1.807) is 27.6 Å². The van der Waals surface area contributed by atoms with Gasteiger partial charge in [0.25, 0.3) is 5.91 Å². The Balaban J connectivity index is 1.87. The van der Waals surface area contributed by atoms with E-state index in [0.29, 0.717) is 13.1 Å². The Bertz CT molecular complexity index is 793. The zero-order valence-electron chi connectivity index (χ0n) is 12.6. The second kappa shape index (κ2) is 7.37. The molecule has 5 nitrogen and oxygen atoms in total. The summed E-state index contributed by atoms with van der Waals surface area (Å²) in [6, 6.07) is 10.5. The molecule has 3 aromatic rings. The van der Waals surface area contributed by atoms with Crippen LogP contribution in [0.25, 0.3) is 0 Å². The molecule has 122 valence electrons. The molecule has 0 fully saturated rings. The Morgan fingerprint density at radius 2 is 1.67 bits per heavy atom. The van der Waals surface area contributed by atoms with Gasteiger partial charge >= 0.3 is 5.97 Å². The number of carbonyl (C=O) groups is 2. The van der Waals surface area contributed by atoms with Crippen LogP contribution in [0.4, 0.5) is 0 Å². The van der Waals surface area contributed by atoms with E-state index in [4.69, 9.17) is 5.11 Å². The molecule has 3 aromatic heterocycles. The first kappa shape index (κ1) is 16.4. The van der Waals surface area contributed by atoms with Crippen molar-refractivity contribution in [3.05, 3.63) is 74.4 Å². The van der Waals surface area contributed by atoms with Crippen LogP contribution in [0.3, 0.4) is 0 Å². The highest BCUT2D eigenvalue weighted by molar-refractivity contribution is 7.10. The van der Waals surface area contributed by atoms with Crippen molar-refractivity contribution in [2.45, 2.75) is 13.1 Å². The van der Waals surface area contributed by atoms with Crippen LogP contribution in [0.5, 0.6) is 0 Å². The molecule has 7 heteroatoms. The van der Waals surface area contributed by atoms with Gasteiger partial charge in [0.05, 0.1) is 18.7 Å². The van der Waals surface area contributed by atoms with E-state index < -0.39 is 5.97 Å². The third-order valence-electron chi connectivity index (χ3n) is 3.37. The zero-order valence-corrected chi connectivity index (χ0v) is 14.2. The van der Waals surface area contributed by atoms with Gasteiger partial charge in [-0.1, -0.05) is 12.1 Å². The average molecular weight is 358 g/mol. The normalized spacial score (nSPS) is 10.5. The number of carboxylic acid groups (broad SMARTS) is 1. The smallest absolute Gasteiger partial charge is 0.335 e. The first-order valence-corrected chi connectivity index (χ1v) is 8.93. The quantitative estimate of drug-likeness (QED) is 0.729. The van der Waals surface area contributed by atoms with Gasteiger partial charge in [-0.3, -0.25) is 9.78 Å². The molecule has 24 heavy (non-hydrogen) atoms. The van der Waals surface area contributed by atoms with Crippen molar-refractivity contribution in [1.82, 2.24) is 9.88 Å². The van der Waals surface area contributed by atoms with E-state index in [1.165, 1.54) is 18.3 Å². The van der Waals surface area contributed by atoms with Gasteiger partial charge in [0.1, 0.15) is 5.69 Å². The number of carbonyl (C=O) groups excluding carboxylic acids is 1. The maximum atomic E-state index is 12.9. The number of carboxylic acids is 1. The minimum atomic E-state index is -1.07. The molecule has 1 amide bonds. The standard InChI is InChI=1S/C17H14N2O3S2/c20-16(15-9-12(17(21)22)5-6-18-15)19(10-13-3-1-7-23-13)11-14-4-2-8-24-14/h1-9H,10-11H2,(H,21,22). The molecule has 0 bridgehead atoms. The summed E-state index contributed by atoms with van der Waals surface area (Å²) < 4.78 is 0. The number of thiophene rings is 2. The van der Waals surface area contributed by atoms with Crippen LogP contribution < -0.4 is 0 Å². The molecule has 1 N–H and O–H groups in total. The van der Waals surface area contributed by atoms with E-state index in [-0.39, 0.29) is 17.2 Å². The highest BCUT2D eigenvalue weighted by Crippen LogP contribution is 2.19. The molecule has 0 unspecified atom stereocenters. The van der Waals surface area contributed by atoms with Gasteiger partial charge in [0.15, 0.2) is 0 Å². The van der Waals surface area contributed by atoms with Gasteiger partial charge in [-0.25, -0.2) is 4.79 Å². The van der Waals surface area contributed by atoms with E-state index in [2.05, 4.69) is 4.98 Å². The van der Waals surface area contributed by atoms with Crippen LogP contribution >= 0.6 is 22.7 Å². The van der Waals surface area contributed by atoms with Gasteiger partial charge < -0.3 is 10.0 Å². The monoisotopic (exact) mass is 358 g/mol. The number of nitrogens with zero attached hydrogens (tertiary/aromatic N) is 2. The average Bonchev–Trinajstić information content (AvgIpc) is 3.27. The molecule has 3 rings (SSSR count). The van der Waals surface area contributed by atoms with E-state index in [0.717, 1.165) is 9.75 Å². The molecule has 0 atom stereocenters. The third-order valence-corrected chi connectivity index (χ3v) is 5.09. The van der Waals surface area contributed by atoms with Crippen LogP contribution in [0.15, 0.2) is 53.4 Å². The molecule has 0 saturated carbocycles. The summed E-state index contributed by atoms with van der Waals surface area (Å²) in [4.78, 5) is 31.8. The lowest BCUT2D eigenvalue weighted by molar-refractivity contribution is 0.0696. The van der Waals surface area contributed by atoms with Crippen molar-refractivity contribution in [2.24, 2.45) is 0 Å². The van der Waals surface area contributed by atoms with Gasteiger partial charge in [-0.2, -0.15) is 0 Å². The molecule has 0 aromatic carbocycles. The van der Waals surface area contributed by atoms with Crippen molar-refractivity contribution in [1.29, 1.82) is 0 Å². The van der Waals surface area contributed by atoms with Gasteiger partial charge in [-0.15, -0.1) is 22.7 Å². The maximum Gasteiger partial charge on any atom is 0.335 e. The second-order valence-corrected chi connectivity index (χ2v) is 7.12. The third kappa shape index (κ3) is 3.87. The number of hydrogen-bond acceptors (Lipinski definition) is 5. The SMILES string of the molecule is O=C(O)c1ccnc(C(=O)N(Cc2cccs2)Cc2cccs2)c1. The lowest BCUT2D eigenvalue weighted by atomic mass is 10.2. The lowest BCUT2D eigenvalue weighted by Crippen LogP contribution is -2.30. The number of aromatic carboxylic acids is 1. The Kier molecular flexibility index (Phi) is 5.02. The van der Waals surface area contributed by atoms with Gasteiger partial charge in [0, 0.05) is 16.0 Å². The van der Waals surface area contributed by atoms with Crippen LogP contribution in [0.1, 0.15) is 30.6 Å². The predicted molar refractivity (Wildman–Crippen MR) is 93.4 cm³/mol. The predicted octanol–water partition coefficient (Wildman–Crippen LogP) is 3.75. The van der Waals surface area contributed by atoms with Crippen molar-refractivity contribution >= 4 is 34.6 Å². The molecule has 0 spiro atoms. The maximum absolute atomic E-state index is 12.9. The second-order valence-electron chi connectivity index (χ2n) is 5.05. The highest BCUT2D eigenvalue weighted by Gasteiger charge is 2.20. The van der Waals surface area contributed by atoms with Crippen LogP contribution in [0, 0.1) is 0 Å². The molecule has 0 aliphatic rings. The Morgan fingerprint density at radius 3 is 2.17 bits per heavy atom. The molecule has 0 radical (unpaired) electrons. The lowest BCUT2D eigenvalue weighted by Gasteiger charge is -2.21. The summed E-state index contributed by atoms with van der Waals surface area (Å²) in [7, 11) is 0. The highest BCUT2D eigenvalue weighted by atomic mass is 32.1. The summed E-state index contributed by atoms with van der Waals surface area (Å²) in [6.07, 6.45) is 1.35. The molecular formula is C17H14N2O3S2. The number of hydrogen-bond donors (Lipinski definition) is 1. The van der Waals surface area contributed by atoms with E-state index >= 15 is 0 Å². The molecular weight excluding hydrogens is 344 g/mol. The van der Waals surface area contributed by atoms with Crippen LogP contribution in [-0.2, 0) is 13.1 Å². The minimum Gasteiger partial charge on any atom is -0.478 e. The number of pyridine rings is 1. The molecule has 0 saturated heterocycles. The zero-order chi connectivity index (χ0) is 16.9. The van der Waals surface area contributed by atoms with Crippen molar-refractivity contribution in [3.63, 3.8) is 0 Å². The molecule has 0 aliphatic carbocycles. The van der Waals surface area contributed by atoms with Crippen molar-refractivity contribution < 1.29 is 14.7 Å². The minimum absolute atomic E-state index is 0.0561. The van der Waals surface area contributed by atoms with E-state index in [1.807, 2.05) is 35.0 Å². The van der Waals surface area contributed by atoms with E-state index in [9.17, 15) is 9.59 Å². The summed E-state index contributed by atoms with van der Waals surface area (Å²) in [6.45, 7) is 0.931. The fourth-order valence-corrected chi connectivity index (χ4v) is 3.66. The Labute approximate surface area is 146 Å².